The van der Waals surface area contributed by atoms with Crippen LogP contribution in [0, 0.1) is 0 Å². The van der Waals surface area contributed by atoms with Crippen molar-refractivity contribution in [3.8, 4) is 0 Å². The molecule has 2 rings (SSSR count). The highest BCUT2D eigenvalue weighted by atomic mass is 16.8. The fourth-order valence-corrected chi connectivity index (χ4v) is 7.12. The Kier molecular flexibility index (Phi) is 28.3. The standard InChI is InChI=1S/C44H77NO2.CH4/c1-5-7-9-11-13-15-17-19-21-23-25-27-29-31-33-35-37-44(46-42-39-41(45(3)4)40-43(42)47-44)38-36-34-32-30-28-26-24-22-20-18-16-14-12-10-8-6-2;/h7,9,13-16,19-22,41-43H,5-6,8,10-12,17-18,23-40H2,1-4H3;1H4/b9-7-,15-13-,16-14-,21-19-,22-20-;/t41?,42-,43+,44?;. The molecule has 3 heteroatoms. The fourth-order valence-electron chi connectivity index (χ4n) is 7.12. The number of hydrogen-bond acceptors (Lipinski definition) is 3. The normalized spacial score (nSPS) is 22.9. The van der Waals surface area contributed by atoms with Crippen LogP contribution >= 0.6 is 0 Å². The van der Waals surface area contributed by atoms with Crippen LogP contribution in [0.1, 0.15) is 188 Å². The Bertz CT molecular complexity index is 854. The third-order valence-electron chi connectivity index (χ3n) is 10.1. The molecule has 2 fully saturated rings. The predicted octanol–water partition coefficient (Wildman–Crippen LogP) is 14.0. The van der Waals surface area contributed by atoms with E-state index in [1.165, 1.54) is 116 Å². The molecule has 0 radical (unpaired) electrons. The van der Waals surface area contributed by atoms with Crippen molar-refractivity contribution in [1.29, 1.82) is 0 Å². The molecule has 278 valence electrons. The van der Waals surface area contributed by atoms with Crippen molar-refractivity contribution in [2.24, 2.45) is 0 Å². The highest BCUT2D eigenvalue weighted by Gasteiger charge is 2.51. The van der Waals surface area contributed by atoms with E-state index in [-0.39, 0.29) is 13.2 Å². The van der Waals surface area contributed by atoms with E-state index in [1.807, 2.05) is 0 Å². The molecule has 2 aliphatic rings. The van der Waals surface area contributed by atoms with Gasteiger partial charge in [-0.2, -0.15) is 0 Å². The second kappa shape index (κ2) is 30.4. The van der Waals surface area contributed by atoms with Gasteiger partial charge >= 0.3 is 0 Å². The largest absolute Gasteiger partial charge is 0.344 e. The molecule has 0 N–H and O–H groups in total. The second-order valence-corrected chi connectivity index (χ2v) is 14.6. The van der Waals surface area contributed by atoms with Gasteiger partial charge in [-0.25, -0.2) is 0 Å². The van der Waals surface area contributed by atoms with Crippen molar-refractivity contribution < 1.29 is 9.47 Å². The summed E-state index contributed by atoms with van der Waals surface area (Å²) >= 11 is 0. The van der Waals surface area contributed by atoms with Crippen LogP contribution in [0.3, 0.4) is 0 Å². The maximum Gasteiger partial charge on any atom is 0.169 e. The van der Waals surface area contributed by atoms with Gasteiger partial charge in [-0.1, -0.05) is 146 Å². The molecule has 1 heterocycles. The maximum atomic E-state index is 6.83. The Labute approximate surface area is 300 Å². The maximum absolute atomic E-state index is 6.83. The molecule has 1 aliphatic carbocycles. The van der Waals surface area contributed by atoms with Crippen LogP contribution in [-0.4, -0.2) is 43.0 Å². The van der Waals surface area contributed by atoms with E-state index in [2.05, 4.69) is 93.6 Å². The summed E-state index contributed by atoms with van der Waals surface area (Å²) < 4.78 is 13.7. The quantitative estimate of drug-likeness (QED) is 0.0562. The topological polar surface area (TPSA) is 21.7 Å². The van der Waals surface area contributed by atoms with Gasteiger partial charge in [-0.3, -0.25) is 0 Å². The van der Waals surface area contributed by atoms with Crippen molar-refractivity contribution in [3.05, 3.63) is 60.8 Å². The number of hydrogen-bond donors (Lipinski definition) is 0. The van der Waals surface area contributed by atoms with E-state index in [1.54, 1.807) is 0 Å². The third kappa shape index (κ3) is 21.6. The lowest BCUT2D eigenvalue weighted by Crippen LogP contribution is -2.34. The minimum Gasteiger partial charge on any atom is -0.344 e. The SMILES string of the molecule is C.CC/C=C\C/C=C\C/C=C\CCCCCCCCC1(CCCCCCCC/C=C\C/C=C\CCCCC)O[C@H]2CC(N(C)C)C[C@H]2O1. The molecular formula is C45H81NO2. The summed E-state index contributed by atoms with van der Waals surface area (Å²) in [5.41, 5.74) is 0. The molecule has 0 amide bonds. The number of nitrogens with zero attached hydrogens (tertiary/aromatic N) is 1. The van der Waals surface area contributed by atoms with Crippen molar-refractivity contribution in [1.82, 2.24) is 4.90 Å². The number of rotatable bonds is 30. The molecule has 0 spiro atoms. The van der Waals surface area contributed by atoms with Gasteiger partial charge < -0.3 is 14.4 Å². The van der Waals surface area contributed by atoms with Crippen LogP contribution in [0.4, 0.5) is 0 Å². The lowest BCUT2D eigenvalue weighted by Gasteiger charge is -2.31. The molecule has 48 heavy (non-hydrogen) atoms. The number of unbranched alkanes of at least 4 members (excludes halogenated alkanes) is 15. The van der Waals surface area contributed by atoms with Gasteiger partial charge in [0.15, 0.2) is 5.79 Å². The first-order valence-electron chi connectivity index (χ1n) is 20.4. The zero-order valence-corrected chi connectivity index (χ0v) is 31.7. The van der Waals surface area contributed by atoms with Crippen molar-refractivity contribution >= 4 is 0 Å². The van der Waals surface area contributed by atoms with E-state index >= 15 is 0 Å². The lowest BCUT2D eigenvalue weighted by atomic mass is 9.98. The average Bonchev–Trinajstić information content (AvgIpc) is 3.61. The predicted molar refractivity (Wildman–Crippen MR) is 214 cm³/mol. The van der Waals surface area contributed by atoms with Gasteiger partial charge in [0.1, 0.15) is 0 Å². The van der Waals surface area contributed by atoms with E-state index < -0.39 is 0 Å². The molecule has 2 unspecified atom stereocenters. The van der Waals surface area contributed by atoms with Crippen molar-refractivity contribution in [2.45, 2.75) is 212 Å². The molecule has 3 nitrogen and oxygen atoms in total. The Morgan fingerprint density at radius 3 is 1.29 bits per heavy atom. The molecule has 1 aliphatic heterocycles. The van der Waals surface area contributed by atoms with Crippen LogP contribution in [0.2, 0.25) is 0 Å². The molecule has 4 atom stereocenters. The monoisotopic (exact) mass is 668 g/mol. The number of ether oxygens (including phenoxy) is 2. The van der Waals surface area contributed by atoms with Gasteiger partial charge in [0.2, 0.25) is 0 Å². The highest BCUT2D eigenvalue weighted by molar-refractivity contribution is 4.98. The summed E-state index contributed by atoms with van der Waals surface area (Å²) in [6.07, 6.45) is 56.1. The van der Waals surface area contributed by atoms with Crippen LogP contribution in [0.15, 0.2) is 60.8 Å². The lowest BCUT2D eigenvalue weighted by molar-refractivity contribution is -0.193. The zero-order chi connectivity index (χ0) is 33.7. The van der Waals surface area contributed by atoms with E-state index in [0.717, 1.165) is 51.4 Å². The summed E-state index contributed by atoms with van der Waals surface area (Å²) in [5.74, 6) is -0.312. The summed E-state index contributed by atoms with van der Waals surface area (Å²) in [7, 11) is 4.40. The molecule has 0 aromatic rings. The van der Waals surface area contributed by atoms with Gasteiger partial charge in [0.05, 0.1) is 12.2 Å². The first kappa shape index (κ1) is 44.6. The van der Waals surface area contributed by atoms with Gasteiger partial charge in [-0.05, 0) is 104 Å². The fraction of sp³-hybridized carbons (Fsp3) is 0.778. The highest BCUT2D eigenvalue weighted by Crippen LogP contribution is 2.44. The molecule has 1 saturated heterocycles. The van der Waals surface area contributed by atoms with Crippen LogP contribution in [0.25, 0.3) is 0 Å². The first-order chi connectivity index (χ1) is 23.1. The van der Waals surface area contributed by atoms with Crippen LogP contribution in [-0.2, 0) is 9.47 Å². The Hall–Kier alpha value is -1.42. The zero-order valence-electron chi connectivity index (χ0n) is 31.7. The molecular weight excluding hydrogens is 587 g/mol. The van der Waals surface area contributed by atoms with Crippen molar-refractivity contribution in [3.63, 3.8) is 0 Å². The van der Waals surface area contributed by atoms with E-state index in [4.69, 9.17) is 9.47 Å². The molecule has 1 saturated carbocycles. The van der Waals surface area contributed by atoms with Gasteiger partial charge in [0, 0.05) is 18.9 Å². The summed E-state index contributed by atoms with van der Waals surface area (Å²) in [4.78, 5) is 2.36. The van der Waals surface area contributed by atoms with E-state index in [0.29, 0.717) is 18.2 Å². The summed E-state index contributed by atoms with van der Waals surface area (Å²) in [5, 5.41) is 0. The average molecular weight is 668 g/mol. The Balaban J connectivity index is 0.0000115. The number of fused-ring (bicyclic) bond motifs is 1. The van der Waals surface area contributed by atoms with Gasteiger partial charge in [0.25, 0.3) is 0 Å². The second-order valence-electron chi connectivity index (χ2n) is 14.6. The van der Waals surface area contributed by atoms with Crippen LogP contribution < -0.4 is 0 Å². The van der Waals surface area contributed by atoms with Gasteiger partial charge in [-0.15, -0.1) is 0 Å². The number of allylic oxidation sites excluding steroid dienone is 10. The summed E-state index contributed by atoms with van der Waals surface area (Å²) in [6, 6.07) is 0.601. The first-order valence-corrected chi connectivity index (χ1v) is 20.4. The minimum absolute atomic E-state index is 0. The molecule has 0 bridgehead atoms. The van der Waals surface area contributed by atoms with E-state index in [9.17, 15) is 0 Å². The molecule has 0 aromatic carbocycles. The minimum atomic E-state index is -0.312. The summed E-state index contributed by atoms with van der Waals surface area (Å²) in [6.45, 7) is 4.45. The molecule has 0 aromatic heterocycles. The Morgan fingerprint density at radius 2 is 0.875 bits per heavy atom. The smallest absolute Gasteiger partial charge is 0.169 e. The Morgan fingerprint density at radius 1 is 0.500 bits per heavy atom. The van der Waals surface area contributed by atoms with Crippen molar-refractivity contribution in [2.75, 3.05) is 14.1 Å². The van der Waals surface area contributed by atoms with Crippen LogP contribution in [0.5, 0.6) is 0 Å². The third-order valence-corrected chi connectivity index (χ3v) is 10.1.